The van der Waals surface area contributed by atoms with Crippen molar-refractivity contribution in [3.63, 3.8) is 0 Å². The van der Waals surface area contributed by atoms with Crippen molar-refractivity contribution in [1.82, 2.24) is 3.96 Å². The molecular formula is C19H17N3O6S4. The Morgan fingerprint density at radius 1 is 0.938 bits per heavy atom. The summed E-state index contributed by atoms with van der Waals surface area (Å²) >= 11 is 2.00. The Labute approximate surface area is 192 Å². The number of anilines is 2. The van der Waals surface area contributed by atoms with Crippen LogP contribution in [0.5, 0.6) is 5.75 Å². The van der Waals surface area contributed by atoms with Crippen LogP contribution in [0.4, 0.5) is 11.4 Å². The smallest absolute Gasteiger partial charge is 0.271 e. The molecule has 0 aliphatic carbocycles. The largest absolute Gasteiger partial charge is 0.497 e. The molecule has 13 heteroatoms. The summed E-state index contributed by atoms with van der Waals surface area (Å²) in [5.41, 5.74) is 0.617. The quantitative estimate of drug-likeness (QED) is 0.393. The van der Waals surface area contributed by atoms with Crippen molar-refractivity contribution >= 4 is 65.2 Å². The Morgan fingerprint density at radius 3 is 2.38 bits per heavy atom. The van der Waals surface area contributed by atoms with E-state index in [1.807, 2.05) is 0 Å². The molecule has 0 radical (unpaired) electrons. The summed E-state index contributed by atoms with van der Waals surface area (Å²) in [6.07, 6.45) is 0. The number of fused-ring (bicyclic) bond motifs is 1. The topological polar surface area (TPSA) is 124 Å². The molecule has 0 atom stereocenters. The van der Waals surface area contributed by atoms with E-state index >= 15 is 0 Å². The zero-order valence-electron chi connectivity index (χ0n) is 16.7. The number of nitrogens with one attached hydrogen (secondary N) is 2. The molecule has 4 aromatic rings. The Hall–Kier alpha value is -2.87. The number of thiophene rings is 1. The first-order valence-corrected chi connectivity index (χ1v) is 13.6. The van der Waals surface area contributed by atoms with E-state index in [-0.39, 0.29) is 30.6 Å². The van der Waals surface area contributed by atoms with Gasteiger partial charge in [0.2, 0.25) is 0 Å². The van der Waals surface area contributed by atoms with Gasteiger partial charge in [-0.1, -0.05) is 6.07 Å². The number of sulfonamides is 2. The predicted molar refractivity (Wildman–Crippen MR) is 126 cm³/mol. The van der Waals surface area contributed by atoms with Gasteiger partial charge in [0.25, 0.3) is 24.8 Å². The lowest BCUT2D eigenvalue weighted by Crippen LogP contribution is -2.17. The maximum atomic E-state index is 13.0. The highest BCUT2D eigenvalue weighted by atomic mass is 32.2. The van der Waals surface area contributed by atoms with Gasteiger partial charge in [0, 0.05) is 13.1 Å². The van der Waals surface area contributed by atoms with Gasteiger partial charge < -0.3 is 4.74 Å². The van der Waals surface area contributed by atoms with Crippen LogP contribution in [0.3, 0.4) is 0 Å². The minimum atomic E-state index is -4.13. The molecule has 0 spiro atoms. The molecule has 32 heavy (non-hydrogen) atoms. The van der Waals surface area contributed by atoms with Crippen molar-refractivity contribution < 1.29 is 21.6 Å². The van der Waals surface area contributed by atoms with Crippen molar-refractivity contribution in [2.75, 3.05) is 16.6 Å². The van der Waals surface area contributed by atoms with Gasteiger partial charge in [-0.25, -0.2) is 16.8 Å². The fourth-order valence-corrected chi connectivity index (χ4v) is 6.92. The van der Waals surface area contributed by atoms with E-state index < -0.39 is 20.0 Å². The van der Waals surface area contributed by atoms with Crippen molar-refractivity contribution in [1.29, 1.82) is 0 Å². The minimum Gasteiger partial charge on any atom is -0.497 e. The van der Waals surface area contributed by atoms with Crippen LogP contribution in [-0.2, 0) is 27.1 Å². The van der Waals surface area contributed by atoms with E-state index in [0.29, 0.717) is 11.3 Å². The molecule has 0 unspecified atom stereocenters. The van der Waals surface area contributed by atoms with E-state index in [1.165, 1.54) is 43.5 Å². The molecule has 2 aromatic heterocycles. The van der Waals surface area contributed by atoms with Crippen LogP contribution < -0.4 is 18.9 Å². The van der Waals surface area contributed by atoms with Gasteiger partial charge in [-0.05, 0) is 53.3 Å². The SMILES string of the molecule is COc1ccc(NS(=O)(=O)c2ccc3c(c2)c(=O)sn3C)c(NS(=O)(=O)c2cccs2)c1. The van der Waals surface area contributed by atoms with Crippen molar-refractivity contribution in [3.8, 4) is 5.75 Å². The first-order valence-electron chi connectivity index (χ1n) is 8.98. The van der Waals surface area contributed by atoms with Crippen LogP contribution in [0, 0.1) is 0 Å². The second kappa shape index (κ2) is 8.24. The van der Waals surface area contributed by atoms with Gasteiger partial charge in [0.1, 0.15) is 9.96 Å². The van der Waals surface area contributed by atoms with Crippen molar-refractivity contribution in [3.05, 3.63) is 63.4 Å². The molecule has 2 aromatic carbocycles. The number of benzene rings is 2. The number of nitrogens with zero attached hydrogens (tertiary/aromatic N) is 1. The first-order chi connectivity index (χ1) is 15.1. The lowest BCUT2D eigenvalue weighted by atomic mass is 10.2. The lowest BCUT2D eigenvalue weighted by Gasteiger charge is -2.15. The highest BCUT2D eigenvalue weighted by Crippen LogP contribution is 2.32. The number of hydrogen-bond donors (Lipinski definition) is 2. The average Bonchev–Trinajstić information content (AvgIpc) is 3.38. The number of aromatic nitrogens is 1. The second-order valence-electron chi connectivity index (χ2n) is 6.61. The minimum absolute atomic E-state index is 0.00393. The number of rotatable bonds is 7. The highest BCUT2D eigenvalue weighted by Gasteiger charge is 2.22. The molecule has 0 fully saturated rings. The van der Waals surface area contributed by atoms with Crippen LogP contribution in [0.2, 0.25) is 0 Å². The Morgan fingerprint density at radius 2 is 1.69 bits per heavy atom. The van der Waals surface area contributed by atoms with Crippen molar-refractivity contribution in [2.24, 2.45) is 7.05 Å². The second-order valence-corrected chi connectivity index (χ2v) is 12.3. The summed E-state index contributed by atoms with van der Waals surface area (Å²) in [5.74, 6) is 0.333. The number of methoxy groups -OCH3 is 1. The van der Waals surface area contributed by atoms with Gasteiger partial charge in [0.05, 0.1) is 34.3 Å². The van der Waals surface area contributed by atoms with Gasteiger partial charge in [-0.15, -0.1) is 11.3 Å². The zero-order valence-corrected chi connectivity index (χ0v) is 20.0. The van der Waals surface area contributed by atoms with Gasteiger partial charge in [0.15, 0.2) is 0 Å². The van der Waals surface area contributed by atoms with Crippen LogP contribution in [0.1, 0.15) is 0 Å². The van der Waals surface area contributed by atoms with E-state index in [9.17, 15) is 21.6 Å². The summed E-state index contributed by atoms with van der Waals surface area (Å²) < 4.78 is 62.9. The summed E-state index contributed by atoms with van der Waals surface area (Å²) in [7, 11) is -4.94. The third kappa shape index (κ3) is 4.24. The molecule has 4 rings (SSSR count). The summed E-state index contributed by atoms with van der Waals surface area (Å²) in [6.45, 7) is 0. The van der Waals surface area contributed by atoms with E-state index in [2.05, 4.69) is 9.44 Å². The average molecular weight is 512 g/mol. The Bertz CT molecular complexity index is 1570. The molecule has 0 bridgehead atoms. The van der Waals surface area contributed by atoms with Crippen LogP contribution in [0.15, 0.2) is 67.8 Å². The zero-order chi connectivity index (χ0) is 23.1. The van der Waals surface area contributed by atoms with Crippen molar-refractivity contribution in [2.45, 2.75) is 9.10 Å². The van der Waals surface area contributed by atoms with E-state index in [0.717, 1.165) is 22.9 Å². The maximum absolute atomic E-state index is 13.0. The normalized spacial score (nSPS) is 12.1. The standard InChI is InChI=1S/C19H17N3O6S4/c1-22-17-8-6-13(11-14(17)19(23)30-22)31(24,25)20-15-7-5-12(28-2)10-16(15)21-32(26,27)18-4-3-9-29-18/h3-11,20-21H,1-2H3. The predicted octanol–water partition coefficient (Wildman–Crippen LogP) is 3.27. The fraction of sp³-hybridized carbons (Fsp3) is 0.105. The molecule has 0 amide bonds. The summed E-state index contributed by atoms with van der Waals surface area (Å²) in [6, 6.07) is 11.5. The van der Waals surface area contributed by atoms with E-state index in [4.69, 9.17) is 4.74 Å². The number of aryl methyl sites for hydroxylation is 1. The number of ether oxygens (including phenoxy) is 1. The van der Waals surface area contributed by atoms with Crippen LogP contribution >= 0.6 is 22.9 Å². The number of hydrogen-bond acceptors (Lipinski definition) is 8. The lowest BCUT2D eigenvalue weighted by molar-refractivity contribution is 0.415. The molecule has 0 aliphatic rings. The maximum Gasteiger partial charge on any atom is 0.271 e. The Kier molecular flexibility index (Phi) is 5.75. The van der Waals surface area contributed by atoms with E-state index in [1.54, 1.807) is 28.5 Å². The van der Waals surface area contributed by atoms with Gasteiger partial charge >= 0.3 is 0 Å². The molecule has 2 heterocycles. The summed E-state index contributed by atoms with van der Waals surface area (Å²) in [4.78, 5) is 12.0. The monoisotopic (exact) mass is 511 g/mol. The highest BCUT2D eigenvalue weighted by molar-refractivity contribution is 7.94. The fourth-order valence-electron chi connectivity index (χ4n) is 2.98. The third-order valence-electron chi connectivity index (χ3n) is 4.53. The third-order valence-corrected chi connectivity index (χ3v) is 9.52. The Balaban J connectivity index is 1.73. The molecule has 2 N–H and O–H groups in total. The molecule has 168 valence electrons. The molecule has 9 nitrogen and oxygen atoms in total. The summed E-state index contributed by atoms with van der Waals surface area (Å²) in [5, 5.41) is 1.91. The molecule has 0 aliphatic heterocycles. The van der Waals surface area contributed by atoms with Gasteiger partial charge in [-0.2, -0.15) is 0 Å². The van der Waals surface area contributed by atoms with Gasteiger partial charge in [-0.3, -0.25) is 18.2 Å². The van der Waals surface area contributed by atoms with Crippen LogP contribution in [-0.4, -0.2) is 27.9 Å². The first kappa shape index (κ1) is 22.3. The van der Waals surface area contributed by atoms with Crippen LogP contribution in [0.25, 0.3) is 10.9 Å². The molecule has 0 saturated heterocycles. The molecular weight excluding hydrogens is 494 g/mol. The molecule has 0 saturated carbocycles.